The third kappa shape index (κ3) is 2.21. The molecule has 0 aromatic heterocycles. The lowest BCUT2D eigenvalue weighted by molar-refractivity contribution is 0.203. The summed E-state index contributed by atoms with van der Waals surface area (Å²) < 4.78 is 0. The standard InChI is InChI=1S/C5H11O/c1-3-5(6)4-2/h3,5-6H,4H2,1-2H3. The molecule has 1 radical (unpaired) electrons. The highest BCUT2D eigenvalue weighted by Gasteiger charge is 1.91. The highest BCUT2D eigenvalue weighted by atomic mass is 16.3. The van der Waals surface area contributed by atoms with E-state index in [4.69, 9.17) is 5.11 Å². The van der Waals surface area contributed by atoms with Crippen molar-refractivity contribution < 1.29 is 5.11 Å². The van der Waals surface area contributed by atoms with Crippen molar-refractivity contribution in [3.63, 3.8) is 0 Å². The maximum absolute atomic E-state index is 8.61. The molecule has 1 N–H and O–H groups in total. The zero-order valence-electron chi connectivity index (χ0n) is 4.31. The van der Waals surface area contributed by atoms with Gasteiger partial charge in [0.2, 0.25) is 0 Å². The molecule has 1 nitrogen and oxygen atoms in total. The molecule has 0 rings (SSSR count). The summed E-state index contributed by atoms with van der Waals surface area (Å²) in [6.45, 7) is 3.80. The fraction of sp³-hybridized carbons (Fsp3) is 0.800. The Balaban J connectivity index is 2.75. The lowest BCUT2D eigenvalue weighted by atomic mass is 10.2. The van der Waals surface area contributed by atoms with Crippen LogP contribution in [0.5, 0.6) is 0 Å². The molecule has 0 fully saturated rings. The van der Waals surface area contributed by atoms with Gasteiger partial charge in [-0.15, -0.1) is 0 Å². The van der Waals surface area contributed by atoms with Crippen molar-refractivity contribution in [3.05, 3.63) is 6.42 Å². The molecule has 6 heavy (non-hydrogen) atoms. The number of hydrogen-bond acceptors (Lipinski definition) is 1. The Hall–Kier alpha value is -0.0400. The molecular weight excluding hydrogens is 76.1 g/mol. The smallest absolute Gasteiger partial charge is 0.0566 e. The molecule has 0 aliphatic carbocycles. The van der Waals surface area contributed by atoms with Crippen LogP contribution in [0.2, 0.25) is 0 Å². The zero-order valence-corrected chi connectivity index (χ0v) is 4.31. The number of aliphatic hydroxyl groups excluding tert-OH is 1. The maximum atomic E-state index is 8.61. The lowest BCUT2D eigenvalue weighted by Gasteiger charge is -1.97. The average molecular weight is 87.1 g/mol. The van der Waals surface area contributed by atoms with Crippen LogP contribution in [-0.2, 0) is 0 Å². The molecule has 0 aliphatic heterocycles. The molecule has 1 unspecified atom stereocenters. The SMILES string of the molecule is C[CH]C(O)CC. The molecule has 0 saturated carbocycles. The minimum atomic E-state index is -0.190. The monoisotopic (exact) mass is 87.1 g/mol. The Bertz CT molecular complexity index is 23.1. The Morgan fingerprint density at radius 3 is 2.33 bits per heavy atom. The zero-order chi connectivity index (χ0) is 4.99. The van der Waals surface area contributed by atoms with Crippen LogP contribution in [0.15, 0.2) is 0 Å². The molecule has 1 heteroatoms. The Morgan fingerprint density at radius 2 is 2.33 bits per heavy atom. The van der Waals surface area contributed by atoms with E-state index in [9.17, 15) is 0 Å². The van der Waals surface area contributed by atoms with E-state index in [2.05, 4.69) is 0 Å². The van der Waals surface area contributed by atoms with Gasteiger partial charge >= 0.3 is 0 Å². The molecule has 0 aliphatic rings. The van der Waals surface area contributed by atoms with E-state index in [1.165, 1.54) is 0 Å². The molecule has 0 aromatic carbocycles. The molecular formula is C5H11O. The molecule has 37 valence electrons. The van der Waals surface area contributed by atoms with Crippen molar-refractivity contribution in [2.75, 3.05) is 0 Å². The first-order valence-corrected chi connectivity index (χ1v) is 2.28. The fourth-order valence-electron chi connectivity index (χ4n) is 0.236. The van der Waals surface area contributed by atoms with E-state index in [1.54, 1.807) is 6.42 Å². The predicted octanol–water partition coefficient (Wildman–Crippen LogP) is 0.981. The summed E-state index contributed by atoms with van der Waals surface area (Å²) >= 11 is 0. The second-order valence-corrected chi connectivity index (χ2v) is 1.31. The van der Waals surface area contributed by atoms with E-state index in [1.807, 2.05) is 13.8 Å². The van der Waals surface area contributed by atoms with Gasteiger partial charge in [0, 0.05) is 0 Å². The van der Waals surface area contributed by atoms with E-state index in [-0.39, 0.29) is 6.10 Å². The summed E-state index contributed by atoms with van der Waals surface area (Å²) in [6.07, 6.45) is 2.42. The molecule has 0 saturated heterocycles. The summed E-state index contributed by atoms with van der Waals surface area (Å²) in [7, 11) is 0. The van der Waals surface area contributed by atoms with Gasteiger partial charge in [-0.1, -0.05) is 13.8 Å². The van der Waals surface area contributed by atoms with Gasteiger partial charge in [0.15, 0.2) is 0 Å². The van der Waals surface area contributed by atoms with Crippen LogP contribution in [-0.4, -0.2) is 11.2 Å². The number of hydrogen-bond donors (Lipinski definition) is 1. The van der Waals surface area contributed by atoms with Gasteiger partial charge in [0.05, 0.1) is 6.10 Å². The third-order valence-corrected chi connectivity index (χ3v) is 0.803. The van der Waals surface area contributed by atoms with Crippen molar-refractivity contribution >= 4 is 0 Å². The normalized spacial score (nSPS) is 10.0. The van der Waals surface area contributed by atoms with Crippen molar-refractivity contribution in [2.45, 2.75) is 26.4 Å². The molecule has 0 bridgehead atoms. The minimum Gasteiger partial charge on any atom is -0.393 e. The Kier molecular flexibility index (Phi) is 3.14. The van der Waals surface area contributed by atoms with Crippen molar-refractivity contribution in [2.24, 2.45) is 0 Å². The molecule has 0 spiro atoms. The molecule has 0 amide bonds. The van der Waals surface area contributed by atoms with Crippen LogP contribution in [0.3, 0.4) is 0 Å². The lowest BCUT2D eigenvalue weighted by Crippen LogP contribution is -2.00. The van der Waals surface area contributed by atoms with E-state index in [0.29, 0.717) is 0 Å². The average Bonchev–Trinajstić information content (AvgIpc) is 1.65. The van der Waals surface area contributed by atoms with Gasteiger partial charge < -0.3 is 5.11 Å². The second-order valence-electron chi connectivity index (χ2n) is 1.31. The summed E-state index contributed by atoms with van der Waals surface area (Å²) in [5.41, 5.74) is 0. The summed E-state index contributed by atoms with van der Waals surface area (Å²) in [5.74, 6) is 0. The van der Waals surface area contributed by atoms with Gasteiger partial charge in [-0.05, 0) is 12.8 Å². The van der Waals surface area contributed by atoms with E-state index < -0.39 is 0 Å². The van der Waals surface area contributed by atoms with Crippen LogP contribution in [0, 0.1) is 6.42 Å². The van der Waals surface area contributed by atoms with Crippen LogP contribution in [0.25, 0.3) is 0 Å². The highest BCUT2D eigenvalue weighted by molar-refractivity contribution is 4.65. The summed E-state index contributed by atoms with van der Waals surface area (Å²) in [5, 5.41) is 8.61. The molecule has 0 aromatic rings. The third-order valence-electron chi connectivity index (χ3n) is 0.803. The quantitative estimate of drug-likeness (QED) is 0.532. The van der Waals surface area contributed by atoms with Crippen LogP contribution >= 0.6 is 0 Å². The summed E-state index contributed by atoms with van der Waals surface area (Å²) in [6, 6.07) is 0. The van der Waals surface area contributed by atoms with Crippen molar-refractivity contribution in [3.8, 4) is 0 Å². The van der Waals surface area contributed by atoms with Gasteiger partial charge in [-0.2, -0.15) is 0 Å². The first kappa shape index (κ1) is 5.96. The van der Waals surface area contributed by atoms with Gasteiger partial charge in [0.25, 0.3) is 0 Å². The van der Waals surface area contributed by atoms with Crippen molar-refractivity contribution in [1.82, 2.24) is 0 Å². The molecule has 0 heterocycles. The maximum Gasteiger partial charge on any atom is 0.0566 e. The largest absolute Gasteiger partial charge is 0.393 e. The number of rotatable bonds is 2. The van der Waals surface area contributed by atoms with Gasteiger partial charge in [-0.3, -0.25) is 0 Å². The van der Waals surface area contributed by atoms with Gasteiger partial charge in [0.1, 0.15) is 0 Å². The first-order valence-electron chi connectivity index (χ1n) is 2.28. The van der Waals surface area contributed by atoms with Crippen LogP contribution in [0.4, 0.5) is 0 Å². The summed E-state index contributed by atoms with van der Waals surface area (Å²) in [4.78, 5) is 0. The van der Waals surface area contributed by atoms with E-state index >= 15 is 0 Å². The second kappa shape index (κ2) is 3.16. The molecule has 1 atom stereocenters. The van der Waals surface area contributed by atoms with E-state index in [0.717, 1.165) is 6.42 Å². The number of aliphatic hydroxyl groups is 1. The minimum absolute atomic E-state index is 0.190. The topological polar surface area (TPSA) is 20.2 Å². The van der Waals surface area contributed by atoms with Crippen LogP contribution < -0.4 is 0 Å². The van der Waals surface area contributed by atoms with Crippen LogP contribution in [0.1, 0.15) is 20.3 Å². The van der Waals surface area contributed by atoms with Crippen molar-refractivity contribution in [1.29, 1.82) is 0 Å². The Morgan fingerprint density at radius 1 is 1.83 bits per heavy atom. The fourth-order valence-corrected chi connectivity index (χ4v) is 0.236. The highest BCUT2D eigenvalue weighted by Crippen LogP contribution is 1.90. The first-order chi connectivity index (χ1) is 2.81. The Labute approximate surface area is 39.0 Å². The predicted molar refractivity (Wildman–Crippen MR) is 26.3 cm³/mol. The van der Waals surface area contributed by atoms with Gasteiger partial charge in [-0.25, -0.2) is 0 Å².